The minimum Gasteiger partial charge on any atom is -0.478 e. The normalized spacial score (nSPS) is 10.7. The molecule has 0 amide bonds. The van der Waals surface area contributed by atoms with Crippen molar-refractivity contribution < 1.29 is 18.7 Å². The number of halogens is 1. The summed E-state index contributed by atoms with van der Waals surface area (Å²) in [5, 5.41) is 0.833. The molecule has 5 nitrogen and oxygen atoms in total. The zero-order valence-electron chi connectivity index (χ0n) is 11.9. The summed E-state index contributed by atoms with van der Waals surface area (Å²) in [5.41, 5.74) is 1.22. The number of furan rings is 1. The van der Waals surface area contributed by atoms with E-state index in [1.165, 1.54) is 14.0 Å². The number of pyridine rings is 1. The second kappa shape index (κ2) is 5.81. The molecule has 3 rings (SSSR count). The van der Waals surface area contributed by atoms with Crippen LogP contribution in [-0.2, 0) is 4.79 Å². The van der Waals surface area contributed by atoms with Gasteiger partial charge in [-0.05, 0) is 34.1 Å². The molecular formula is C16H12BrNO4. The Morgan fingerprint density at radius 3 is 2.82 bits per heavy atom. The second-order valence-corrected chi connectivity index (χ2v) is 5.41. The van der Waals surface area contributed by atoms with E-state index in [1.54, 1.807) is 18.3 Å². The van der Waals surface area contributed by atoms with Crippen molar-refractivity contribution >= 4 is 32.9 Å². The smallest absolute Gasteiger partial charge is 0.308 e. The van der Waals surface area contributed by atoms with Crippen molar-refractivity contribution in [3.05, 3.63) is 41.0 Å². The summed E-state index contributed by atoms with van der Waals surface area (Å²) in [5.74, 6) is 1.02. The van der Waals surface area contributed by atoms with Crippen LogP contribution in [0.1, 0.15) is 6.92 Å². The van der Waals surface area contributed by atoms with Crippen molar-refractivity contribution in [1.82, 2.24) is 4.98 Å². The Balaban J connectivity index is 2.19. The van der Waals surface area contributed by atoms with Crippen LogP contribution in [0.5, 0.6) is 11.6 Å². The maximum absolute atomic E-state index is 11.2. The number of carbonyl (C=O) groups is 1. The molecule has 0 saturated heterocycles. The fourth-order valence-corrected chi connectivity index (χ4v) is 2.56. The molecule has 0 aliphatic rings. The van der Waals surface area contributed by atoms with Crippen LogP contribution in [0.3, 0.4) is 0 Å². The molecule has 2 heterocycles. The van der Waals surface area contributed by atoms with Crippen LogP contribution >= 0.6 is 15.9 Å². The maximum atomic E-state index is 11.2. The van der Waals surface area contributed by atoms with Gasteiger partial charge in [-0.15, -0.1) is 0 Å². The van der Waals surface area contributed by atoms with E-state index in [1.807, 2.05) is 18.2 Å². The van der Waals surface area contributed by atoms with E-state index in [0.717, 1.165) is 9.86 Å². The number of methoxy groups -OCH3 is 1. The van der Waals surface area contributed by atoms with Gasteiger partial charge in [0.1, 0.15) is 11.5 Å². The van der Waals surface area contributed by atoms with E-state index in [9.17, 15) is 4.79 Å². The van der Waals surface area contributed by atoms with Crippen molar-refractivity contribution in [3.8, 4) is 23.0 Å². The average molecular weight is 362 g/mol. The average Bonchev–Trinajstić information content (AvgIpc) is 2.93. The van der Waals surface area contributed by atoms with Crippen molar-refractivity contribution in [1.29, 1.82) is 0 Å². The van der Waals surface area contributed by atoms with Gasteiger partial charge in [0.2, 0.25) is 0 Å². The molecule has 0 aliphatic heterocycles. The number of benzene rings is 1. The predicted octanol–water partition coefficient (Wildman–Crippen LogP) is 4.19. The summed E-state index contributed by atoms with van der Waals surface area (Å²) in [7, 11) is 1.53. The third-order valence-electron chi connectivity index (χ3n) is 3.08. The van der Waals surface area contributed by atoms with Crippen molar-refractivity contribution in [2.75, 3.05) is 7.11 Å². The first-order chi connectivity index (χ1) is 10.6. The van der Waals surface area contributed by atoms with E-state index in [0.29, 0.717) is 28.5 Å². The number of hydrogen-bond acceptors (Lipinski definition) is 5. The minimum atomic E-state index is -0.385. The summed E-state index contributed by atoms with van der Waals surface area (Å²) in [6.07, 6.45) is 1.65. The molecule has 0 radical (unpaired) electrons. The van der Waals surface area contributed by atoms with Crippen LogP contribution < -0.4 is 9.47 Å². The highest BCUT2D eigenvalue weighted by molar-refractivity contribution is 9.10. The van der Waals surface area contributed by atoms with Crippen LogP contribution in [0, 0.1) is 0 Å². The van der Waals surface area contributed by atoms with Gasteiger partial charge in [0.15, 0.2) is 5.58 Å². The van der Waals surface area contributed by atoms with E-state index in [-0.39, 0.29) is 5.97 Å². The van der Waals surface area contributed by atoms with Gasteiger partial charge in [0.25, 0.3) is 5.88 Å². The first-order valence-corrected chi connectivity index (χ1v) is 7.29. The first-order valence-electron chi connectivity index (χ1n) is 6.50. The fourth-order valence-electron chi connectivity index (χ4n) is 2.16. The number of hydrogen-bond donors (Lipinski definition) is 0. The first kappa shape index (κ1) is 14.6. The molecular weight excluding hydrogens is 350 g/mol. The molecule has 0 bridgehead atoms. The second-order valence-electron chi connectivity index (χ2n) is 4.56. The summed E-state index contributed by atoms with van der Waals surface area (Å²) in [6, 6.07) is 9.03. The molecule has 3 aromatic rings. The van der Waals surface area contributed by atoms with Crippen molar-refractivity contribution in [3.63, 3.8) is 0 Å². The van der Waals surface area contributed by atoms with Crippen LogP contribution in [-0.4, -0.2) is 18.1 Å². The molecule has 6 heteroatoms. The Bertz CT molecular complexity index is 856. The molecule has 22 heavy (non-hydrogen) atoms. The minimum absolute atomic E-state index is 0.385. The van der Waals surface area contributed by atoms with Crippen LogP contribution in [0.15, 0.2) is 45.4 Å². The largest absolute Gasteiger partial charge is 0.478 e. The topological polar surface area (TPSA) is 61.6 Å². The van der Waals surface area contributed by atoms with Crippen LogP contribution in [0.2, 0.25) is 0 Å². The van der Waals surface area contributed by atoms with Gasteiger partial charge in [-0.3, -0.25) is 4.79 Å². The molecule has 0 spiro atoms. The van der Waals surface area contributed by atoms with Gasteiger partial charge in [-0.1, -0.05) is 12.1 Å². The number of nitrogens with zero attached hydrogens (tertiary/aromatic N) is 1. The lowest BCUT2D eigenvalue weighted by atomic mass is 10.1. The predicted molar refractivity (Wildman–Crippen MR) is 85.0 cm³/mol. The lowest BCUT2D eigenvalue weighted by molar-refractivity contribution is -0.131. The lowest BCUT2D eigenvalue weighted by Gasteiger charge is -2.05. The molecule has 0 saturated carbocycles. The Labute approximate surface area is 135 Å². The number of carbonyl (C=O) groups excluding carboxylic acids is 1. The van der Waals surface area contributed by atoms with Gasteiger partial charge in [-0.25, -0.2) is 4.98 Å². The highest BCUT2D eigenvalue weighted by atomic mass is 79.9. The molecule has 0 fully saturated rings. The molecule has 1 aromatic carbocycles. The van der Waals surface area contributed by atoms with Gasteiger partial charge in [0, 0.05) is 23.0 Å². The molecule has 0 atom stereocenters. The summed E-state index contributed by atoms with van der Waals surface area (Å²) in [6.45, 7) is 1.36. The summed E-state index contributed by atoms with van der Waals surface area (Å²) < 4.78 is 17.1. The van der Waals surface area contributed by atoms with E-state index < -0.39 is 0 Å². The van der Waals surface area contributed by atoms with Gasteiger partial charge >= 0.3 is 5.97 Å². The van der Waals surface area contributed by atoms with Crippen molar-refractivity contribution in [2.24, 2.45) is 0 Å². The molecule has 0 aliphatic carbocycles. The Kier molecular flexibility index (Phi) is 3.85. The van der Waals surface area contributed by atoms with Crippen molar-refractivity contribution in [2.45, 2.75) is 6.92 Å². The zero-order valence-corrected chi connectivity index (χ0v) is 13.5. The van der Waals surface area contributed by atoms with Crippen LogP contribution in [0.4, 0.5) is 0 Å². The van der Waals surface area contributed by atoms with E-state index in [4.69, 9.17) is 13.9 Å². The number of ether oxygens (including phenoxy) is 2. The number of rotatable bonds is 3. The zero-order chi connectivity index (χ0) is 15.7. The standard InChI is InChI=1S/C16H12BrNO4/c1-9(19)21-13-6-4-3-5-10(13)14-7-11-12(17)8-18-16(20-2)15(11)22-14/h3-8H,1-2H3. The van der Waals surface area contributed by atoms with E-state index >= 15 is 0 Å². The summed E-state index contributed by atoms with van der Waals surface area (Å²) >= 11 is 3.44. The van der Waals surface area contributed by atoms with Gasteiger partial charge < -0.3 is 13.9 Å². The Morgan fingerprint density at radius 1 is 1.32 bits per heavy atom. The quantitative estimate of drug-likeness (QED) is 0.516. The highest BCUT2D eigenvalue weighted by Gasteiger charge is 2.17. The lowest BCUT2D eigenvalue weighted by Crippen LogP contribution is -2.02. The third kappa shape index (κ3) is 2.57. The Hall–Kier alpha value is -2.34. The monoisotopic (exact) mass is 361 g/mol. The summed E-state index contributed by atoms with van der Waals surface area (Å²) in [4.78, 5) is 15.4. The molecule has 2 aromatic heterocycles. The Morgan fingerprint density at radius 2 is 2.09 bits per heavy atom. The highest BCUT2D eigenvalue weighted by Crippen LogP contribution is 2.39. The number of fused-ring (bicyclic) bond motifs is 1. The number of aromatic nitrogens is 1. The molecule has 0 N–H and O–H groups in total. The SMILES string of the molecule is COc1ncc(Br)c2cc(-c3ccccc3OC(C)=O)oc12. The maximum Gasteiger partial charge on any atom is 0.308 e. The number of esters is 1. The molecule has 112 valence electrons. The fraction of sp³-hybridized carbons (Fsp3) is 0.125. The third-order valence-corrected chi connectivity index (χ3v) is 3.71. The van der Waals surface area contributed by atoms with Gasteiger partial charge in [-0.2, -0.15) is 0 Å². The van der Waals surface area contributed by atoms with E-state index in [2.05, 4.69) is 20.9 Å². The molecule has 0 unspecified atom stereocenters. The van der Waals surface area contributed by atoms with Crippen LogP contribution in [0.25, 0.3) is 22.3 Å². The van der Waals surface area contributed by atoms with Gasteiger partial charge in [0.05, 0.1) is 12.7 Å². The number of para-hydroxylation sites is 1.